The van der Waals surface area contributed by atoms with Crippen LogP contribution in [0.2, 0.25) is 0 Å². The van der Waals surface area contributed by atoms with Gasteiger partial charge in [-0.3, -0.25) is 4.79 Å². The molecule has 76 valence electrons. The quantitative estimate of drug-likeness (QED) is 0.738. The third-order valence-electron chi connectivity index (χ3n) is 1.93. The largest absolute Gasteiger partial charge is 0.375 e. The average molecular weight is 201 g/mol. The first-order valence-corrected chi connectivity index (χ1v) is 3.83. The van der Waals surface area contributed by atoms with Crippen molar-refractivity contribution in [3.8, 4) is 0 Å². The summed E-state index contributed by atoms with van der Waals surface area (Å²) in [7, 11) is 0. The molecule has 3 N–H and O–H groups in total. The van der Waals surface area contributed by atoms with E-state index in [0.29, 0.717) is 0 Å². The predicted octanol–water partition coefficient (Wildman–Crippen LogP) is 0.658. The van der Waals surface area contributed by atoms with Gasteiger partial charge in [-0.25, -0.2) is 8.78 Å². The molecule has 0 aliphatic carbocycles. The minimum absolute atomic E-state index is 0.468. The van der Waals surface area contributed by atoms with Crippen molar-refractivity contribution in [1.29, 1.82) is 0 Å². The number of carbonyl (C=O) groups excluding carboxylic acids is 1. The zero-order valence-corrected chi connectivity index (χ0v) is 7.42. The minimum Gasteiger partial charge on any atom is -0.375 e. The van der Waals surface area contributed by atoms with Crippen LogP contribution in [0.15, 0.2) is 18.2 Å². The normalized spacial score (nSPS) is 14.9. The molecule has 0 aliphatic heterocycles. The van der Waals surface area contributed by atoms with Crippen molar-refractivity contribution in [2.45, 2.75) is 12.5 Å². The van der Waals surface area contributed by atoms with Gasteiger partial charge in [0.1, 0.15) is 11.6 Å². The number of primary amides is 1. The first-order chi connectivity index (χ1) is 6.35. The minimum atomic E-state index is -2.20. The molecule has 0 aliphatic rings. The molecule has 0 saturated heterocycles. The number of nitrogens with two attached hydrogens (primary N) is 1. The lowest BCUT2D eigenvalue weighted by atomic mass is 9.95. The molecule has 0 bridgehead atoms. The Bertz CT molecular complexity index is 377. The van der Waals surface area contributed by atoms with Crippen LogP contribution in [0.3, 0.4) is 0 Å². The van der Waals surface area contributed by atoms with E-state index in [1.165, 1.54) is 0 Å². The molecule has 0 aromatic heterocycles. The number of hydrogen-bond donors (Lipinski definition) is 2. The molecule has 3 nitrogen and oxygen atoms in total. The Labute approximate surface area is 79.2 Å². The fourth-order valence-corrected chi connectivity index (χ4v) is 1.00. The highest BCUT2D eigenvalue weighted by Gasteiger charge is 2.33. The van der Waals surface area contributed by atoms with Gasteiger partial charge in [0.15, 0.2) is 5.60 Å². The maximum atomic E-state index is 13.1. The number of halogens is 2. The van der Waals surface area contributed by atoms with Crippen LogP contribution in [0, 0.1) is 11.6 Å². The van der Waals surface area contributed by atoms with Crippen LogP contribution < -0.4 is 5.73 Å². The molecular weight excluding hydrogens is 192 g/mol. The highest BCUT2D eigenvalue weighted by atomic mass is 19.1. The fraction of sp³-hybridized carbons (Fsp3) is 0.222. The number of amides is 1. The van der Waals surface area contributed by atoms with Gasteiger partial charge >= 0.3 is 0 Å². The summed E-state index contributed by atoms with van der Waals surface area (Å²) in [6, 6.07) is 2.44. The van der Waals surface area contributed by atoms with Gasteiger partial charge < -0.3 is 10.8 Å². The third kappa shape index (κ3) is 1.72. The van der Waals surface area contributed by atoms with Crippen molar-refractivity contribution in [1.82, 2.24) is 0 Å². The van der Waals surface area contributed by atoms with E-state index in [0.717, 1.165) is 25.1 Å². The third-order valence-corrected chi connectivity index (χ3v) is 1.93. The maximum Gasteiger partial charge on any atom is 0.253 e. The predicted molar refractivity (Wildman–Crippen MR) is 45.1 cm³/mol. The molecule has 0 saturated carbocycles. The van der Waals surface area contributed by atoms with Gasteiger partial charge in [0.2, 0.25) is 0 Å². The van der Waals surface area contributed by atoms with Crippen molar-refractivity contribution < 1.29 is 18.7 Å². The second-order valence-corrected chi connectivity index (χ2v) is 3.06. The Balaban J connectivity index is 3.31. The number of hydrogen-bond acceptors (Lipinski definition) is 2. The van der Waals surface area contributed by atoms with Crippen LogP contribution in [0.25, 0.3) is 0 Å². The number of benzene rings is 1. The Morgan fingerprint density at radius 3 is 2.57 bits per heavy atom. The van der Waals surface area contributed by atoms with Gasteiger partial charge in [-0.05, 0) is 25.1 Å². The summed E-state index contributed by atoms with van der Waals surface area (Å²) >= 11 is 0. The highest BCUT2D eigenvalue weighted by molar-refractivity contribution is 5.84. The smallest absolute Gasteiger partial charge is 0.253 e. The van der Waals surface area contributed by atoms with E-state index in [-0.39, 0.29) is 0 Å². The molecule has 1 aromatic carbocycles. The van der Waals surface area contributed by atoms with Gasteiger partial charge in [0.25, 0.3) is 5.91 Å². The van der Waals surface area contributed by atoms with E-state index in [1.807, 2.05) is 0 Å². The van der Waals surface area contributed by atoms with Crippen molar-refractivity contribution in [2.24, 2.45) is 5.73 Å². The second-order valence-electron chi connectivity index (χ2n) is 3.06. The summed E-state index contributed by atoms with van der Waals surface area (Å²) in [5.74, 6) is -2.76. The fourth-order valence-electron chi connectivity index (χ4n) is 1.00. The molecule has 1 aromatic rings. The molecule has 1 atom stereocenters. The lowest BCUT2D eigenvalue weighted by Gasteiger charge is -2.19. The van der Waals surface area contributed by atoms with Crippen molar-refractivity contribution in [3.05, 3.63) is 35.4 Å². The van der Waals surface area contributed by atoms with Gasteiger partial charge in [-0.15, -0.1) is 0 Å². The maximum absolute atomic E-state index is 13.1. The summed E-state index contributed by atoms with van der Waals surface area (Å²) < 4.78 is 25.8. The molecule has 0 fully saturated rings. The summed E-state index contributed by atoms with van der Waals surface area (Å²) in [6.45, 7) is 1.01. The van der Waals surface area contributed by atoms with E-state index in [9.17, 15) is 18.7 Å². The Morgan fingerprint density at radius 1 is 1.50 bits per heavy atom. The van der Waals surface area contributed by atoms with Crippen LogP contribution in [0.4, 0.5) is 8.78 Å². The number of aliphatic hydroxyl groups is 1. The molecule has 0 heterocycles. The van der Waals surface area contributed by atoms with Crippen LogP contribution >= 0.6 is 0 Å². The summed E-state index contributed by atoms with van der Waals surface area (Å²) in [5, 5.41) is 9.49. The zero-order chi connectivity index (χ0) is 10.9. The Hall–Kier alpha value is -1.49. The van der Waals surface area contributed by atoms with Crippen molar-refractivity contribution in [3.63, 3.8) is 0 Å². The lowest BCUT2D eigenvalue weighted by molar-refractivity contribution is -0.135. The topological polar surface area (TPSA) is 63.3 Å². The summed E-state index contributed by atoms with van der Waals surface area (Å²) in [5.41, 5.74) is 2.17. The van der Waals surface area contributed by atoms with E-state index < -0.39 is 28.7 Å². The van der Waals surface area contributed by atoms with Gasteiger partial charge in [0, 0.05) is 5.56 Å². The Kier molecular flexibility index (Phi) is 2.53. The van der Waals surface area contributed by atoms with E-state index in [2.05, 4.69) is 0 Å². The van der Waals surface area contributed by atoms with E-state index in [1.54, 1.807) is 0 Å². The molecule has 1 unspecified atom stereocenters. The van der Waals surface area contributed by atoms with Crippen LogP contribution in [-0.2, 0) is 10.4 Å². The van der Waals surface area contributed by atoms with Crippen LogP contribution in [0.1, 0.15) is 12.5 Å². The summed E-state index contributed by atoms with van der Waals surface area (Å²) in [4.78, 5) is 10.8. The first-order valence-electron chi connectivity index (χ1n) is 3.83. The molecule has 0 radical (unpaired) electrons. The van der Waals surface area contributed by atoms with Gasteiger partial charge in [0.05, 0.1) is 0 Å². The van der Waals surface area contributed by atoms with E-state index in [4.69, 9.17) is 5.73 Å². The van der Waals surface area contributed by atoms with Crippen molar-refractivity contribution in [2.75, 3.05) is 0 Å². The van der Waals surface area contributed by atoms with Gasteiger partial charge in [-0.1, -0.05) is 0 Å². The summed E-state index contributed by atoms with van der Waals surface area (Å²) in [6.07, 6.45) is 0. The molecule has 5 heteroatoms. The van der Waals surface area contributed by atoms with Gasteiger partial charge in [-0.2, -0.15) is 0 Å². The standard InChI is InChI=1S/C9H9F2NO2/c1-9(14,8(12)13)6-4-5(10)2-3-7(6)11/h2-4,14H,1H3,(H2,12,13). The lowest BCUT2D eigenvalue weighted by Crippen LogP contribution is -2.39. The second kappa shape index (κ2) is 3.34. The zero-order valence-electron chi connectivity index (χ0n) is 7.42. The van der Waals surface area contributed by atoms with Crippen LogP contribution in [-0.4, -0.2) is 11.0 Å². The molecule has 0 spiro atoms. The SMILES string of the molecule is CC(O)(C(N)=O)c1cc(F)ccc1F. The van der Waals surface area contributed by atoms with Crippen LogP contribution in [0.5, 0.6) is 0 Å². The highest BCUT2D eigenvalue weighted by Crippen LogP contribution is 2.23. The number of carbonyl (C=O) groups is 1. The molecule has 14 heavy (non-hydrogen) atoms. The average Bonchev–Trinajstić information content (AvgIpc) is 2.08. The molecule has 1 amide bonds. The first kappa shape index (κ1) is 10.6. The van der Waals surface area contributed by atoms with E-state index >= 15 is 0 Å². The Morgan fingerprint density at radius 2 is 2.07 bits per heavy atom. The number of rotatable bonds is 2. The molecular formula is C9H9F2NO2. The monoisotopic (exact) mass is 201 g/mol. The van der Waals surface area contributed by atoms with Crippen molar-refractivity contribution >= 4 is 5.91 Å². The molecule has 1 rings (SSSR count).